The maximum Gasteiger partial charge on any atom is 0.337 e. The highest BCUT2D eigenvalue weighted by Gasteiger charge is 2.26. The number of nitrogens with one attached hydrogen (secondary N) is 2. The summed E-state index contributed by atoms with van der Waals surface area (Å²) in [5.41, 5.74) is -0.00711. The molecule has 1 aromatic rings. The van der Waals surface area contributed by atoms with Gasteiger partial charge in [0.05, 0.1) is 24.3 Å². The van der Waals surface area contributed by atoms with Crippen molar-refractivity contribution in [3.8, 4) is 0 Å². The zero-order valence-corrected chi connectivity index (χ0v) is 13.2. The number of carbonyl (C=O) groups is 3. The molecule has 8 heteroatoms. The van der Waals surface area contributed by atoms with Crippen LogP contribution in [0.4, 0.5) is 14.9 Å². The molecule has 2 rings (SSSR count). The zero-order chi connectivity index (χ0) is 17.7. The summed E-state index contributed by atoms with van der Waals surface area (Å²) >= 11 is 0. The fourth-order valence-corrected chi connectivity index (χ4v) is 2.69. The summed E-state index contributed by atoms with van der Waals surface area (Å²) in [6.45, 7) is 0. The van der Waals surface area contributed by atoms with Crippen LogP contribution in [-0.4, -0.2) is 36.2 Å². The first-order valence-corrected chi connectivity index (χ1v) is 7.59. The minimum absolute atomic E-state index is 0.0490. The third kappa shape index (κ3) is 4.43. The number of benzene rings is 1. The Hall–Kier alpha value is -2.64. The summed E-state index contributed by atoms with van der Waals surface area (Å²) in [6.07, 6.45) is 2.13. The number of carboxylic acids is 1. The fourth-order valence-electron chi connectivity index (χ4n) is 2.69. The predicted octanol–water partition coefficient (Wildman–Crippen LogP) is 2.38. The smallest absolute Gasteiger partial charge is 0.337 e. The molecule has 1 saturated carbocycles. The minimum atomic E-state index is -0.814. The van der Waals surface area contributed by atoms with Crippen LogP contribution in [0.3, 0.4) is 0 Å². The summed E-state index contributed by atoms with van der Waals surface area (Å²) < 4.78 is 18.4. The number of hydrogen-bond donors (Lipinski definition) is 3. The number of anilines is 1. The van der Waals surface area contributed by atoms with Crippen molar-refractivity contribution in [2.24, 2.45) is 5.92 Å². The average molecular weight is 338 g/mol. The molecule has 2 amide bonds. The first-order chi connectivity index (χ1) is 11.4. The average Bonchev–Trinajstić information content (AvgIpc) is 2.56. The molecule has 0 bridgehead atoms. The highest BCUT2D eigenvalue weighted by Crippen LogP contribution is 2.24. The van der Waals surface area contributed by atoms with Gasteiger partial charge in [-0.25, -0.2) is 14.0 Å². The van der Waals surface area contributed by atoms with Crippen LogP contribution < -0.4 is 10.6 Å². The summed E-state index contributed by atoms with van der Waals surface area (Å²) in [7, 11) is 1.19. The van der Waals surface area contributed by atoms with Crippen molar-refractivity contribution in [2.45, 2.75) is 31.7 Å². The molecule has 1 aliphatic carbocycles. The van der Waals surface area contributed by atoms with E-state index in [1.54, 1.807) is 0 Å². The van der Waals surface area contributed by atoms with Crippen LogP contribution in [-0.2, 0) is 9.53 Å². The van der Waals surface area contributed by atoms with E-state index >= 15 is 0 Å². The Morgan fingerprint density at radius 1 is 1.21 bits per heavy atom. The lowest BCUT2D eigenvalue weighted by Gasteiger charge is -2.26. The number of hydrogen-bond acceptors (Lipinski definition) is 4. The molecule has 1 fully saturated rings. The van der Waals surface area contributed by atoms with E-state index in [1.165, 1.54) is 19.2 Å². The largest absolute Gasteiger partial charge is 0.481 e. The van der Waals surface area contributed by atoms with E-state index in [2.05, 4.69) is 15.4 Å². The molecule has 0 radical (unpaired) electrons. The molecule has 3 N–H and O–H groups in total. The van der Waals surface area contributed by atoms with Gasteiger partial charge in [0.1, 0.15) is 5.82 Å². The number of rotatable bonds is 4. The highest BCUT2D eigenvalue weighted by molar-refractivity contribution is 5.92. The Kier molecular flexibility index (Phi) is 5.73. The number of carbonyl (C=O) groups excluding carboxylic acids is 2. The molecular weight excluding hydrogens is 319 g/mol. The standard InChI is InChI=1S/C16H19FN2O5/c1-24-15(22)10-4-7-13(12(17)8-10)19-16(23)18-11-5-2-9(3-6-11)14(20)21/h4,7-9,11H,2-3,5-6H2,1H3,(H,20,21)(H2,18,19,23). The van der Waals surface area contributed by atoms with Crippen LogP contribution in [0.5, 0.6) is 0 Å². The van der Waals surface area contributed by atoms with Crippen LogP contribution >= 0.6 is 0 Å². The number of carboxylic acid groups (broad SMARTS) is 1. The van der Waals surface area contributed by atoms with E-state index in [0.717, 1.165) is 6.07 Å². The highest BCUT2D eigenvalue weighted by atomic mass is 19.1. The van der Waals surface area contributed by atoms with Gasteiger partial charge in [0, 0.05) is 6.04 Å². The summed E-state index contributed by atoms with van der Waals surface area (Å²) in [4.78, 5) is 34.1. The lowest BCUT2D eigenvalue weighted by molar-refractivity contribution is -0.142. The molecule has 0 heterocycles. The van der Waals surface area contributed by atoms with Gasteiger partial charge in [0.15, 0.2) is 0 Å². The minimum Gasteiger partial charge on any atom is -0.481 e. The van der Waals surface area contributed by atoms with Gasteiger partial charge in [-0.05, 0) is 43.9 Å². The second kappa shape index (κ2) is 7.76. The van der Waals surface area contributed by atoms with Gasteiger partial charge in [-0.2, -0.15) is 0 Å². The van der Waals surface area contributed by atoms with Crippen molar-refractivity contribution in [1.29, 1.82) is 0 Å². The Bertz CT molecular complexity index is 641. The second-order valence-corrected chi connectivity index (χ2v) is 5.67. The van der Waals surface area contributed by atoms with Crippen molar-refractivity contribution >= 4 is 23.7 Å². The molecule has 0 aliphatic heterocycles. The zero-order valence-electron chi connectivity index (χ0n) is 13.2. The van der Waals surface area contributed by atoms with Gasteiger partial charge in [-0.1, -0.05) is 0 Å². The van der Waals surface area contributed by atoms with Crippen LogP contribution in [0.25, 0.3) is 0 Å². The monoisotopic (exact) mass is 338 g/mol. The van der Waals surface area contributed by atoms with E-state index in [9.17, 15) is 18.8 Å². The molecule has 0 saturated heterocycles. The lowest BCUT2D eigenvalue weighted by Crippen LogP contribution is -2.41. The molecule has 24 heavy (non-hydrogen) atoms. The molecule has 130 valence electrons. The van der Waals surface area contributed by atoms with E-state index in [0.29, 0.717) is 25.7 Å². The Labute approximate surface area is 138 Å². The number of urea groups is 1. The van der Waals surface area contributed by atoms with Crippen LogP contribution in [0.1, 0.15) is 36.0 Å². The van der Waals surface area contributed by atoms with Crippen LogP contribution in [0.15, 0.2) is 18.2 Å². The van der Waals surface area contributed by atoms with Crippen LogP contribution in [0, 0.1) is 11.7 Å². The molecule has 0 spiro atoms. The van der Waals surface area contributed by atoms with Gasteiger partial charge in [-0.15, -0.1) is 0 Å². The number of halogens is 1. The number of amides is 2. The van der Waals surface area contributed by atoms with Crippen molar-refractivity contribution in [1.82, 2.24) is 5.32 Å². The summed E-state index contributed by atoms with van der Waals surface area (Å²) in [5.74, 6) is -2.59. The van der Waals surface area contributed by atoms with Gasteiger partial charge < -0.3 is 20.5 Å². The Morgan fingerprint density at radius 2 is 1.88 bits per heavy atom. The molecule has 0 aromatic heterocycles. The van der Waals surface area contributed by atoms with E-state index < -0.39 is 23.8 Å². The maximum atomic E-state index is 13.9. The van der Waals surface area contributed by atoms with Gasteiger partial charge >= 0.3 is 18.0 Å². The number of ether oxygens (including phenoxy) is 1. The third-order valence-corrected chi connectivity index (χ3v) is 4.05. The first-order valence-electron chi connectivity index (χ1n) is 7.59. The van der Waals surface area contributed by atoms with E-state index in [1.807, 2.05) is 0 Å². The second-order valence-electron chi connectivity index (χ2n) is 5.67. The number of aliphatic carboxylic acids is 1. The Balaban J connectivity index is 1.89. The van der Waals surface area contributed by atoms with Crippen LogP contribution in [0.2, 0.25) is 0 Å². The summed E-state index contributed by atoms with van der Waals surface area (Å²) in [6, 6.07) is 2.90. The normalized spacial score (nSPS) is 20.1. The molecule has 0 unspecified atom stereocenters. The van der Waals surface area contributed by atoms with Crippen molar-refractivity contribution in [3.63, 3.8) is 0 Å². The van der Waals surface area contributed by atoms with E-state index in [4.69, 9.17) is 5.11 Å². The molecule has 1 aromatic carbocycles. The van der Waals surface area contributed by atoms with Gasteiger partial charge in [0.25, 0.3) is 0 Å². The van der Waals surface area contributed by atoms with Crippen molar-refractivity contribution in [2.75, 3.05) is 12.4 Å². The number of methoxy groups -OCH3 is 1. The van der Waals surface area contributed by atoms with E-state index in [-0.39, 0.29) is 23.2 Å². The molecule has 7 nitrogen and oxygen atoms in total. The Morgan fingerprint density at radius 3 is 2.42 bits per heavy atom. The number of esters is 1. The first kappa shape index (κ1) is 17.7. The molecule has 0 atom stereocenters. The predicted molar refractivity (Wildman–Crippen MR) is 83.3 cm³/mol. The molecular formula is C16H19FN2O5. The molecule has 1 aliphatic rings. The van der Waals surface area contributed by atoms with Gasteiger partial charge in [-0.3, -0.25) is 4.79 Å². The third-order valence-electron chi connectivity index (χ3n) is 4.05. The lowest BCUT2D eigenvalue weighted by atomic mass is 9.86. The quantitative estimate of drug-likeness (QED) is 0.731. The SMILES string of the molecule is COC(=O)c1ccc(NC(=O)NC2CCC(C(=O)O)CC2)c(F)c1. The maximum absolute atomic E-state index is 13.9. The summed E-state index contributed by atoms with van der Waals surface area (Å²) in [5, 5.41) is 14.0. The van der Waals surface area contributed by atoms with Gasteiger partial charge in [0.2, 0.25) is 0 Å². The topological polar surface area (TPSA) is 105 Å². The van der Waals surface area contributed by atoms with Crippen molar-refractivity contribution < 1.29 is 28.6 Å². The fraction of sp³-hybridized carbons (Fsp3) is 0.438. The van der Waals surface area contributed by atoms with Crippen molar-refractivity contribution in [3.05, 3.63) is 29.6 Å².